The van der Waals surface area contributed by atoms with Crippen molar-refractivity contribution in [2.45, 2.75) is 57.4 Å². The highest BCUT2D eigenvalue weighted by Gasteiger charge is 2.23. The third kappa shape index (κ3) is 3.22. The maximum atomic E-state index is 3.77. The summed E-state index contributed by atoms with van der Waals surface area (Å²) in [6.45, 7) is 1.19. The minimum absolute atomic E-state index is 0.594. The van der Waals surface area contributed by atoms with E-state index in [4.69, 9.17) is 0 Å². The smallest absolute Gasteiger partial charge is 0.0326 e. The fraction of sp³-hybridized carbons (Fsp3) is 0.647. The zero-order valence-electron chi connectivity index (χ0n) is 11.6. The molecule has 104 valence electrons. The molecule has 1 aromatic rings. The van der Waals surface area contributed by atoms with Crippen LogP contribution in [0.5, 0.6) is 0 Å². The molecule has 1 N–H and O–H groups in total. The summed E-state index contributed by atoms with van der Waals surface area (Å²) in [7, 11) is 0. The second-order valence-corrected chi connectivity index (χ2v) is 7.00. The van der Waals surface area contributed by atoms with Crippen LogP contribution in [0.1, 0.15) is 62.1 Å². The van der Waals surface area contributed by atoms with E-state index in [-0.39, 0.29) is 0 Å². The molecule has 19 heavy (non-hydrogen) atoms. The van der Waals surface area contributed by atoms with E-state index in [1.165, 1.54) is 73.5 Å². The highest BCUT2D eigenvalue weighted by Crippen LogP contribution is 2.35. The predicted molar refractivity (Wildman–Crippen MR) is 84.4 cm³/mol. The van der Waals surface area contributed by atoms with Gasteiger partial charge in [-0.15, -0.1) is 0 Å². The fourth-order valence-electron chi connectivity index (χ4n) is 3.79. The van der Waals surface area contributed by atoms with Gasteiger partial charge in [0.2, 0.25) is 0 Å². The molecule has 2 aliphatic carbocycles. The number of hydrogen-bond acceptors (Lipinski definition) is 1. The molecule has 1 unspecified atom stereocenters. The maximum absolute atomic E-state index is 3.77. The number of fused-ring (bicyclic) bond motifs is 1. The van der Waals surface area contributed by atoms with Crippen LogP contribution in [0.2, 0.25) is 0 Å². The third-order valence-corrected chi connectivity index (χ3v) is 5.61. The average molecular weight is 322 g/mol. The van der Waals surface area contributed by atoms with Crippen LogP contribution >= 0.6 is 15.9 Å². The average Bonchev–Trinajstić information content (AvgIpc) is 3.05. The van der Waals surface area contributed by atoms with E-state index in [0.29, 0.717) is 6.04 Å². The molecule has 0 saturated heterocycles. The summed E-state index contributed by atoms with van der Waals surface area (Å²) >= 11 is 3.67. The first-order chi connectivity index (χ1) is 9.34. The van der Waals surface area contributed by atoms with Crippen LogP contribution in [-0.2, 0) is 6.42 Å². The van der Waals surface area contributed by atoms with Crippen LogP contribution in [0, 0.1) is 5.92 Å². The van der Waals surface area contributed by atoms with Crippen LogP contribution in [0.25, 0.3) is 0 Å². The molecule has 1 fully saturated rings. The van der Waals surface area contributed by atoms with Gasteiger partial charge < -0.3 is 5.32 Å². The van der Waals surface area contributed by atoms with Crippen molar-refractivity contribution in [1.29, 1.82) is 0 Å². The highest BCUT2D eigenvalue weighted by molar-refractivity contribution is 9.10. The summed E-state index contributed by atoms with van der Waals surface area (Å²) in [4.78, 5) is 0. The van der Waals surface area contributed by atoms with Gasteiger partial charge in [0, 0.05) is 10.5 Å². The molecule has 3 rings (SSSR count). The van der Waals surface area contributed by atoms with Gasteiger partial charge in [-0.25, -0.2) is 0 Å². The Labute approximate surface area is 125 Å². The number of hydrogen-bond donors (Lipinski definition) is 1. The molecule has 1 nitrogen and oxygen atoms in total. The zero-order valence-corrected chi connectivity index (χ0v) is 13.2. The van der Waals surface area contributed by atoms with Crippen LogP contribution < -0.4 is 5.32 Å². The molecule has 0 aromatic heterocycles. The first kappa shape index (κ1) is 13.6. The monoisotopic (exact) mass is 321 g/mol. The third-order valence-electron chi connectivity index (χ3n) is 4.87. The van der Waals surface area contributed by atoms with Crippen molar-refractivity contribution in [1.82, 2.24) is 5.32 Å². The summed E-state index contributed by atoms with van der Waals surface area (Å²) in [5.74, 6) is 1.03. The molecule has 0 aliphatic heterocycles. The molecule has 0 heterocycles. The van der Waals surface area contributed by atoms with Crippen LogP contribution in [0.15, 0.2) is 22.7 Å². The van der Waals surface area contributed by atoms with E-state index in [2.05, 4.69) is 39.4 Å². The highest BCUT2D eigenvalue weighted by atomic mass is 79.9. The van der Waals surface area contributed by atoms with E-state index >= 15 is 0 Å². The van der Waals surface area contributed by atoms with E-state index in [1.54, 1.807) is 0 Å². The Balaban J connectivity index is 1.46. The van der Waals surface area contributed by atoms with Crippen molar-refractivity contribution in [3.63, 3.8) is 0 Å². The summed E-state index contributed by atoms with van der Waals surface area (Å²) in [6.07, 6.45) is 11.2. The van der Waals surface area contributed by atoms with Gasteiger partial charge in [-0.3, -0.25) is 0 Å². The van der Waals surface area contributed by atoms with Crippen LogP contribution in [-0.4, -0.2) is 6.54 Å². The van der Waals surface area contributed by atoms with E-state index in [0.717, 1.165) is 5.92 Å². The standard InChI is InChI=1S/C17H24BrN/c18-16-9-3-8-15-14(16)10-11-17(15)19-12-4-7-13-5-1-2-6-13/h3,8-9,13,17,19H,1-2,4-7,10-12H2. The Bertz CT molecular complexity index is 423. The normalized spacial score (nSPS) is 22.9. The fourth-order valence-corrected chi connectivity index (χ4v) is 4.37. The minimum atomic E-state index is 0.594. The quantitative estimate of drug-likeness (QED) is 0.753. The van der Waals surface area contributed by atoms with Gasteiger partial charge in [-0.2, -0.15) is 0 Å². The molecule has 0 radical (unpaired) electrons. The predicted octanol–water partition coefficient (Wildman–Crippen LogP) is 5.00. The first-order valence-electron chi connectivity index (χ1n) is 7.85. The lowest BCUT2D eigenvalue weighted by molar-refractivity contribution is 0.447. The van der Waals surface area contributed by atoms with Crippen molar-refractivity contribution in [3.8, 4) is 0 Å². The van der Waals surface area contributed by atoms with Crippen molar-refractivity contribution < 1.29 is 0 Å². The van der Waals surface area contributed by atoms with Gasteiger partial charge in [0.05, 0.1) is 0 Å². The lowest BCUT2D eigenvalue weighted by Gasteiger charge is -2.15. The Morgan fingerprint density at radius 2 is 2.00 bits per heavy atom. The topological polar surface area (TPSA) is 12.0 Å². The van der Waals surface area contributed by atoms with E-state index < -0.39 is 0 Å². The second-order valence-electron chi connectivity index (χ2n) is 6.15. The Hall–Kier alpha value is -0.340. The summed E-state index contributed by atoms with van der Waals surface area (Å²) in [6, 6.07) is 7.22. The van der Waals surface area contributed by atoms with Gasteiger partial charge in [-0.05, 0) is 55.3 Å². The molecule has 0 spiro atoms. The lowest BCUT2D eigenvalue weighted by Crippen LogP contribution is -2.20. The Kier molecular flexibility index (Phi) is 4.60. The second kappa shape index (κ2) is 6.41. The van der Waals surface area contributed by atoms with Gasteiger partial charge in [0.25, 0.3) is 0 Å². The minimum Gasteiger partial charge on any atom is -0.310 e. The van der Waals surface area contributed by atoms with Gasteiger partial charge in [-0.1, -0.05) is 53.7 Å². The molecular formula is C17H24BrN. The lowest BCUT2D eigenvalue weighted by atomic mass is 10.0. The number of rotatable bonds is 5. The van der Waals surface area contributed by atoms with Crippen LogP contribution in [0.3, 0.4) is 0 Å². The Morgan fingerprint density at radius 3 is 2.84 bits per heavy atom. The molecule has 0 bridgehead atoms. The molecule has 0 amide bonds. The summed E-state index contributed by atoms with van der Waals surface area (Å²) in [5, 5.41) is 3.77. The molecule has 2 heteroatoms. The van der Waals surface area contributed by atoms with Gasteiger partial charge in [0.1, 0.15) is 0 Å². The summed E-state index contributed by atoms with van der Waals surface area (Å²) < 4.78 is 1.29. The zero-order chi connectivity index (χ0) is 13.1. The van der Waals surface area contributed by atoms with E-state index in [1.807, 2.05) is 0 Å². The first-order valence-corrected chi connectivity index (χ1v) is 8.64. The van der Waals surface area contributed by atoms with Crippen molar-refractivity contribution >= 4 is 15.9 Å². The summed E-state index contributed by atoms with van der Waals surface area (Å²) in [5.41, 5.74) is 3.05. The molecule has 1 aromatic carbocycles. The van der Waals surface area contributed by atoms with Crippen LogP contribution in [0.4, 0.5) is 0 Å². The van der Waals surface area contributed by atoms with Gasteiger partial charge in [0.15, 0.2) is 0 Å². The number of halogens is 1. The Morgan fingerprint density at radius 1 is 1.16 bits per heavy atom. The number of nitrogens with one attached hydrogen (secondary N) is 1. The number of benzene rings is 1. The largest absolute Gasteiger partial charge is 0.310 e. The van der Waals surface area contributed by atoms with Crippen molar-refractivity contribution in [2.75, 3.05) is 6.54 Å². The molecular weight excluding hydrogens is 298 g/mol. The maximum Gasteiger partial charge on any atom is 0.0326 e. The van der Waals surface area contributed by atoms with Gasteiger partial charge >= 0.3 is 0 Å². The van der Waals surface area contributed by atoms with Crippen molar-refractivity contribution in [3.05, 3.63) is 33.8 Å². The molecule has 1 atom stereocenters. The van der Waals surface area contributed by atoms with E-state index in [9.17, 15) is 0 Å². The molecule has 1 saturated carbocycles. The SMILES string of the molecule is Brc1cccc2c1CCC2NCCCC1CCCC1. The molecule has 2 aliphatic rings. The van der Waals surface area contributed by atoms with Crippen molar-refractivity contribution in [2.24, 2.45) is 5.92 Å².